The first-order valence-electron chi connectivity index (χ1n) is 6.42. The molecule has 0 spiro atoms. The van der Waals surface area contributed by atoms with Crippen LogP contribution in [0.25, 0.3) is 0 Å². The molecule has 0 saturated heterocycles. The second-order valence-corrected chi connectivity index (χ2v) is 5.64. The third kappa shape index (κ3) is 4.67. The Morgan fingerprint density at radius 1 is 1.00 bits per heavy atom. The van der Waals surface area contributed by atoms with Crippen molar-refractivity contribution in [1.29, 1.82) is 0 Å². The van der Waals surface area contributed by atoms with E-state index in [0.717, 1.165) is 6.21 Å². The fourth-order valence-corrected chi connectivity index (χ4v) is 2.11. The molecule has 9 heteroatoms. The fourth-order valence-electron chi connectivity index (χ4n) is 1.60. The Balaban J connectivity index is 1.98. The lowest BCUT2D eigenvalue weighted by Gasteiger charge is -2.05. The molecule has 0 bridgehead atoms. The Labute approximate surface area is 151 Å². The smallest absolute Gasteiger partial charge is 0.318 e. The van der Waals surface area contributed by atoms with E-state index >= 15 is 0 Å². The van der Waals surface area contributed by atoms with Crippen LogP contribution in [0.4, 0.5) is 10.1 Å². The minimum atomic E-state index is -1.05. The Morgan fingerprint density at radius 2 is 1.75 bits per heavy atom. The van der Waals surface area contributed by atoms with E-state index in [1.165, 1.54) is 36.4 Å². The molecule has 124 valence electrons. The summed E-state index contributed by atoms with van der Waals surface area (Å²) in [4.78, 5) is 23.3. The number of carbonyl (C=O) groups is 2. The zero-order chi connectivity index (χ0) is 17.7. The molecular formula is C15H9Cl3FN3O2. The Bertz CT molecular complexity index is 807. The van der Waals surface area contributed by atoms with Gasteiger partial charge in [-0.05, 0) is 30.3 Å². The van der Waals surface area contributed by atoms with E-state index in [-0.39, 0.29) is 21.3 Å². The van der Waals surface area contributed by atoms with Crippen molar-refractivity contribution in [3.05, 3.63) is 62.8 Å². The average molecular weight is 389 g/mol. The standard InChI is InChI=1S/C15H9Cl3FN3O2/c16-10-2-1-3-13(19)9(10)7-20-22-15(24)14(23)21-8-4-5-11(17)12(18)6-8/h1-7H,(H,21,23)(H,22,24)/b20-7+. The first-order valence-corrected chi connectivity index (χ1v) is 7.55. The van der Waals surface area contributed by atoms with Crippen molar-refractivity contribution in [2.45, 2.75) is 0 Å². The van der Waals surface area contributed by atoms with Crippen LogP contribution < -0.4 is 10.7 Å². The van der Waals surface area contributed by atoms with Crippen molar-refractivity contribution >= 4 is 58.5 Å². The van der Waals surface area contributed by atoms with Gasteiger partial charge >= 0.3 is 11.8 Å². The van der Waals surface area contributed by atoms with E-state index in [9.17, 15) is 14.0 Å². The maximum absolute atomic E-state index is 13.5. The number of hydrogen-bond acceptors (Lipinski definition) is 3. The number of nitrogens with zero attached hydrogens (tertiary/aromatic N) is 1. The van der Waals surface area contributed by atoms with Gasteiger partial charge in [-0.15, -0.1) is 0 Å². The highest BCUT2D eigenvalue weighted by Crippen LogP contribution is 2.24. The summed E-state index contributed by atoms with van der Waals surface area (Å²) in [6, 6.07) is 8.41. The summed E-state index contributed by atoms with van der Waals surface area (Å²) in [6.07, 6.45) is 1.00. The SMILES string of the molecule is O=C(N/N=C/c1c(F)cccc1Cl)C(=O)Nc1ccc(Cl)c(Cl)c1. The molecule has 0 aromatic heterocycles. The number of rotatable bonds is 3. The molecule has 5 nitrogen and oxygen atoms in total. The summed E-state index contributed by atoms with van der Waals surface area (Å²) in [5, 5.41) is 6.47. The number of nitrogens with one attached hydrogen (secondary N) is 2. The van der Waals surface area contributed by atoms with Gasteiger partial charge in [0.15, 0.2) is 0 Å². The summed E-state index contributed by atoms with van der Waals surface area (Å²) in [5.41, 5.74) is 2.24. The third-order valence-corrected chi connectivity index (χ3v) is 3.81. The van der Waals surface area contributed by atoms with Gasteiger partial charge in [-0.1, -0.05) is 40.9 Å². The van der Waals surface area contributed by atoms with Gasteiger partial charge in [-0.3, -0.25) is 9.59 Å². The summed E-state index contributed by atoms with van der Waals surface area (Å²) < 4.78 is 13.5. The normalized spacial score (nSPS) is 10.7. The van der Waals surface area contributed by atoms with Gasteiger partial charge in [0, 0.05) is 11.3 Å². The minimum Gasteiger partial charge on any atom is -0.318 e. The molecular weight excluding hydrogens is 380 g/mol. The number of hydrogen-bond donors (Lipinski definition) is 2. The van der Waals surface area contributed by atoms with Crippen LogP contribution in [0.5, 0.6) is 0 Å². The van der Waals surface area contributed by atoms with E-state index < -0.39 is 17.6 Å². The molecule has 0 saturated carbocycles. The summed E-state index contributed by atoms with van der Waals surface area (Å²) in [5.74, 6) is -2.64. The van der Waals surface area contributed by atoms with Gasteiger partial charge in [0.2, 0.25) is 0 Å². The Morgan fingerprint density at radius 3 is 2.42 bits per heavy atom. The zero-order valence-corrected chi connectivity index (χ0v) is 14.1. The van der Waals surface area contributed by atoms with Crippen molar-refractivity contribution in [3.63, 3.8) is 0 Å². The lowest BCUT2D eigenvalue weighted by Crippen LogP contribution is -2.32. The second kappa shape index (κ2) is 8.10. The van der Waals surface area contributed by atoms with Crippen LogP contribution in [0.2, 0.25) is 15.1 Å². The van der Waals surface area contributed by atoms with Crippen LogP contribution in [0.1, 0.15) is 5.56 Å². The topological polar surface area (TPSA) is 70.6 Å². The van der Waals surface area contributed by atoms with E-state index in [1.807, 2.05) is 5.43 Å². The molecule has 2 aromatic carbocycles. The number of benzene rings is 2. The van der Waals surface area contributed by atoms with Crippen LogP contribution in [0.3, 0.4) is 0 Å². The quantitative estimate of drug-likeness (QED) is 0.476. The number of anilines is 1. The minimum absolute atomic E-state index is 0.00985. The molecule has 2 aromatic rings. The largest absolute Gasteiger partial charge is 0.329 e. The van der Waals surface area contributed by atoms with E-state index in [1.54, 1.807) is 0 Å². The molecule has 2 rings (SSSR count). The monoisotopic (exact) mass is 387 g/mol. The van der Waals surface area contributed by atoms with Crippen LogP contribution in [-0.2, 0) is 9.59 Å². The van der Waals surface area contributed by atoms with Gasteiger partial charge in [0.1, 0.15) is 5.82 Å². The maximum atomic E-state index is 13.5. The summed E-state index contributed by atoms with van der Waals surface area (Å²) in [6.45, 7) is 0. The van der Waals surface area contributed by atoms with Crippen molar-refractivity contribution < 1.29 is 14.0 Å². The first kappa shape index (κ1) is 18.2. The fraction of sp³-hybridized carbons (Fsp3) is 0. The van der Waals surface area contributed by atoms with E-state index in [2.05, 4.69) is 10.4 Å². The number of amides is 2. The second-order valence-electron chi connectivity index (χ2n) is 4.42. The van der Waals surface area contributed by atoms with Crippen molar-refractivity contribution in [2.24, 2.45) is 5.10 Å². The molecule has 0 radical (unpaired) electrons. The van der Waals surface area contributed by atoms with Crippen LogP contribution >= 0.6 is 34.8 Å². The highest BCUT2D eigenvalue weighted by Gasteiger charge is 2.13. The number of carbonyl (C=O) groups excluding carboxylic acids is 2. The lowest BCUT2D eigenvalue weighted by molar-refractivity contribution is -0.136. The van der Waals surface area contributed by atoms with Crippen molar-refractivity contribution in [1.82, 2.24) is 5.43 Å². The molecule has 2 amide bonds. The molecule has 0 fully saturated rings. The molecule has 0 atom stereocenters. The third-order valence-electron chi connectivity index (χ3n) is 2.74. The van der Waals surface area contributed by atoms with E-state index in [0.29, 0.717) is 5.02 Å². The molecule has 0 aliphatic rings. The average Bonchev–Trinajstić information content (AvgIpc) is 2.53. The van der Waals surface area contributed by atoms with Gasteiger partial charge in [0.25, 0.3) is 0 Å². The first-order chi connectivity index (χ1) is 11.4. The van der Waals surface area contributed by atoms with Crippen LogP contribution in [0.15, 0.2) is 41.5 Å². The number of halogens is 4. The van der Waals surface area contributed by atoms with Gasteiger partial charge in [-0.2, -0.15) is 5.10 Å². The molecule has 2 N–H and O–H groups in total. The highest BCUT2D eigenvalue weighted by atomic mass is 35.5. The van der Waals surface area contributed by atoms with Gasteiger partial charge in [-0.25, -0.2) is 9.82 Å². The zero-order valence-electron chi connectivity index (χ0n) is 11.8. The van der Waals surface area contributed by atoms with Crippen LogP contribution in [-0.4, -0.2) is 18.0 Å². The van der Waals surface area contributed by atoms with Gasteiger partial charge < -0.3 is 5.32 Å². The van der Waals surface area contributed by atoms with E-state index in [4.69, 9.17) is 34.8 Å². The number of hydrazone groups is 1. The molecule has 0 unspecified atom stereocenters. The molecule has 0 aliphatic heterocycles. The van der Waals surface area contributed by atoms with Gasteiger partial charge in [0.05, 0.1) is 21.3 Å². The summed E-state index contributed by atoms with van der Waals surface area (Å²) in [7, 11) is 0. The Hall–Kier alpha value is -2.15. The maximum Gasteiger partial charge on any atom is 0.329 e. The summed E-state index contributed by atoms with van der Waals surface area (Å²) >= 11 is 17.3. The van der Waals surface area contributed by atoms with Crippen molar-refractivity contribution in [2.75, 3.05) is 5.32 Å². The predicted octanol–water partition coefficient (Wildman–Crippen LogP) is 3.87. The predicted molar refractivity (Wildman–Crippen MR) is 92.2 cm³/mol. The molecule has 24 heavy (non-hydrogen) atoms. The van der Waals surface area contributed by atoms with Crippen LogP contribution in [0, 0.1) is 5.82 Å². The Kier molecular flexibility index (Phi) is 6.14. The highest BCUT2D eigenvalue weighted by molar-refractivity contribution is 6.43. The molecule has 0 aliphatic carbocycles. The van der Waals surface area contributed by atoms with Crippen molar-refractivity contribution in [3.8, 4) is 0 Å². The lowest BCUT2D eigenvalue weighted by atomic mass is 10.2. The molecule has 0 heterocycles.